The summed E-state index contributed by atoms with van der Waals surface area (Å²) in [7, 11) is 1.91. The van der Waals surface area contributed by atoms with Crippen LogP contribution in [0.1, 0.15) is 16.8 Å². The van der Waals surface area contributed by atoms with Gasteiger partial charge in [-0.1, -0.05) is 0 Å². The third kappa shape index (κ3) is 3.86. The molecule has 1 atom stereocenters. The zero-order valence-corrected chi connectivity index (χ0v) is 16.1. The van der Waals surface area contributed by atoms with Crippen LogP contribution in [-0.2, 0) is 33.6 Å². The molecule has 0 aliphatic carbocycles. The minimum Gasteiger partial charge on any atom is -0.497 e. The van der Waals surface area contributed by atoms with Crippen molar-refractivity contribution in [1.29, 1.82) is 0 Å². The molecule has 1 N–H and O–H groups in total. The van der Waals surface area contributed by atoms with Crippen molar-refractivity contribution in [3.05, 3.63) is 41.2 Å². The summed E-state index contributed by atoms with van der Waals surface area (Å²) in [6.45, 7) is 3.86. The summed E-state index contributed by atoms with van der Waals surface area (Å²) >= 11 is 0. The van der Waals surface area contributed by atoms with Crippen LogP contribution in [0.2, 0.25) is 0 Å². The van der Waals surface area contributed by atoms with Crippen molar-refractivity contribution in [3.63, 3.8) is 0 Å². The van der Waals surface area contributed by atoms with E-state index in [1.807, 2.05) is 32.0 Å². The van der Waals surface area contributed by atoms with Gasteiger partial charge in [-0.05, 0) is 26.0 Å². The van der Waals surface area contributed by atoms with E-state index in [-0.39, 0.29) is 22.8 Å². The molecule has 1 radical (unpaired) electrons. The number of benzene rings is 1. The van der Waals surface area contributed by atoms with E-state index >= 15 is 0 Å². The number of aryl methyl sites for hydroxylation is 1. The van der Waals surface area contributed by atoms with Crippen molar-refractivity contribution in [2.24, 2.45) is 0 Å². The van der Waals surface area contributed by atoms with E-state index in [0.29, 0.717) is 5.16 Å². The molecular weight excluding hydrogens is 390 g/mol. The van der Waals surface area contributed by atoms with E-state index in [4.69, 9.17) is 9.47 Å². The summed E-state index contributed by atoms with van der Waals surface area (Å²) in [6, 6.07) is 5.50. The molecule has 3 aromatic rings. The number of aromatic nitrogens is 3. The van der Waals surface area contributed by atoms with E-state index in [1.54, 1.807) is 20.4 Å². The zero-order valence-electron chi connectivity index (χ0n) is 14.3. The number of fused-ring (bicyclic) bond motifs is 1. The predicted molar refractivity (Wildman–Crippen MR) is 93.0 cm³/mol. The van der Waals surface area contributed by atoms with Gasteiger partial charge in [-0.15, -0.1) is 0 Å². The second-order valence-electron chi connectivity index (χ2n) is 5.46. The molecule has 2 aromatic heterocycles. The fourth-order valence-electron chi connectivity index (χ4n) is 2.61. The smallest absolute Gasteiger partial charge is 0.197 e. The molecule has 0 amide bonds. The van der Waals surface area contributed by atoms with Gasteiger partial charge in [0.1, 0.15) is 11.5 Å². The molecule has 2 heterocycles. The minimum atomic E-state index is -1.33. The standard InChI is InChI=1S/C17H19N3O3S.Cu/c1-10-8-18-15(11(2)16(10)23-4)9-24(21)17-19-13-6-5-12(22-3)7-14(13)20-17;/h5-8H,9H2,1-4H3,(H,19,20);/t24-;/m0./s1. The van der Waals surface area contributed by atoms with Crippen molar-refractivity contribution < 1.29 is 30.8 Å². The number of aromatic amines is 1. The second kappa shape index (κ2) is 7.99. The quantitative estimate of drug-likeness (QED) is 0.657. The largest absolute Gasteiger partial charge is 0.497 e. The molecule has 137 valence electrons. The molecule has 0 bridgehead atoms. The number of hydrogen-bond donors (Lipinski definition) is 1. The number of imidazole rings is 1. The Morgan fingerprint density at radius 1 is 1.20 bits per heavy atom. The van der Waals surface area contributed by atoms with Crippen LogP contribution in [0.4, 0.5) is 0 Å². The predicted octanol–water partition coefficient (Wildman–Crippen LogP) is 2.90. The van der Waals surface area contributed by atoms with Gasteiger partial charge >= 0.3 is 0 Å². The SMILES string of the molecule is COc1ccc2nc([S@@](=O)Cc3ncc(C)c(OC)c3C)[nH]c2c1.[Cu]. The monoisotopic (exact) mass is 408 g/mol. The number of nitrogens with one attached hydrogen (secondary N) is 1. The molecule has 0 aliphatic rings. The molecular formula is C17H19CuN3O3S. The summed E-state index contributed by atoms with van der Waals surface area (Å²) in [6.07, 6.45) is 1.74. The Labute approximate surface area is 159 Å². The van der Waals surface area contributed by atoms with Crippen molar-refractivity contribution in [3.8, 4) is 11.5 Å². The number of ether oxygens (including phenoxy) is 2. The third-order valence-electron chi connectivity index (χ3n) is 3.90. The fraction of sp³-hybridized carbons (Fsp3) is 0.294. The van der Waals surface area contributed by atoms with Crippen LogP contribution in [0.25, 0.3) is 11.0 Å². The van der Waals surface area contributed by atoms with Gasteiger partial charge in [0.15, 0.2) is 5.16 Å². The molecule has 0 spiro atoms. The average molecular weight is 409 g/mol. The topological polar surface area (TPSA) is 77.1 Å². The van der Waals surface area contributed by atoms with Crippen molar-refractivity contribution in [1.82, 2.24) is 15.0 Å². The van der Waals surface area contributed by atoms with Gasteiger partial charge in [0.25, 0.3) is 0 Å². The third-order valence-corrected chi connectivity index (χ3v) is 5.06. The van der Waals surface area contributed by atoms with Crippen molar-refractivity contribution >= 4 is 21.8 Å². The summed E-state index contributed by atoms with van der Waals surface area (Å²) in [5.74, 6) is 1.79. The average Bonchev–Trinajstić information content (AvgIpc) is 3.01. The van der Waals surface area contributed by atoms with Gasteiger partial charge in [0.05, 0.1) is 47.5 Å². The van der Waals surface area contributed by atoms with Gasteiger partial charge in [-0.3, -0.25) is 9.19 Å². The summed E-state index contributed by atoms with van der Waals surface area (Å²) in [5.41, 5.74) is 4.16. The Kier molecular flexibility index (Phi) is 6.21. The molecule has 0 saturated carbocycles. The maximum atomic E-state index is 12.7. The van der Waals surface area contributed by atoms with E-state index in [9.17, 15) is 4.21 Å². The Bertz CT molecular complexity index is 927. The number of hydrogen-bond acceptors (Lipinski definition) is 5. The van der Waals surface area contributed by atoms with Crippen molar-refractivity contribution in [2.75, 3.05) is 14.2 Å². The Balaban J connectivity index is 0.00000225. The Hall–Kier alpha value is -1.89. The molecule has 8 heteroatoms. The van der Waals surface area contributed by atoms with Crippen molar-refractivity contribution in [2.45, 2.75) is 24.8 Å². The molecule has 3 rings (SSSR count). The number of pyridine rings is 1. The summed E-state index contributed by atoms with van der Waals surface area (Å²) < 4.78 is 23.3. The summed E-state index contributed by atoms with van der Waals surface area (Å²) in [4.78, 5) is 11.9. The molecule has 25 heavy (non-hydrogen) atoms. The normalized spacial score (nSPS) is 11.8. The summed E-state index contributed by atoms with van der Waals surface area (Å²) in [5, 5.41) is 0.430. The molecule has 0 fully saturated rings. The van der Waals surface area contributed by atoms with Crippen LogP contribution < -0.4 is 9.47 Å². The molecule has 1 aromatic carbocycles. The second-order valence-corrected chi connectivity index (χ2v) is 6.83. The van der Waals surface area contributed by atoms with Crippen LogP contribution in [0.5, 0.6) is 11.5 Å². The van der Waals surface area contributed by atoms with Crippen LogP contribution in [-0.4, -0.2) is 33.4 Å². The van der Waals surface area contributed by atoms with Gasteiger partial charge in [0, 0.05) is 40.5 Å². The van der Waals surface area contributed by atoms with E-state index in [2.05, 4.69) is 15.0 Å². The van der Waals surface area contributed by atoms with Crippen LogP contribution in [0.3, 0.4) is 0 Å². The van der Waals surface area contributed by atoms with Crippen LogP contribution >= 0.6 is 0 Å². The molecule has 0 saturated heterocycles. The first-order valence-corrected chi connectivity index (χ1v) is 8.76. The maximum Gasteiger partial charge on any atom is 0.197 e. The Morgan fingerprint density at radius 3 is 2.64 bits per heavy atom. The maximum absolute atomic E-state index is 12.7. The Morgan fingerprint density at radius 2 is 1.96 bits per heavy atom. The number of nitrogens with zero attached hydrogens (tertiary/aromatic N) is 2. The van der Waals surface area contributed by atoms with E-state index in [0.717, 1.165) is 39.4 Å². The van der Waals surface area contributed by atoms with Gasteiger partial charge in [-0.25, -0.2) is 4.98 Å². The van der Waals surface area contributed by atoms with E-state index < -0.39 is 10.8 Å². The first-order chi connectivity index (χ1) is 11.5. The minimum absolute atomic E-state index is 0. The first kappa shape index (κ1) is 19.4. The fourth-order valence-corrected chi connectivity index (χ4v) is 3.71. The van der Waals surface area contributed by atoms with Crippen LogP contribution in [0, 0.1) is 13.8 Å². The zero-order chi connectivity index (χ0) is 17.3. The van der Waals surface area contributed by atoms with Gasteiger partial charge in [0.2, 0.25) is 0 Å². The van der Waals surface area contributed by atoms with Gasteiger partial charge in [-0.2, -0.15) is 0 Å². The van der Waals surface area contributed by atoms with Gasteiger partial charge < -0.3 is 14.5 Å². The molecule has 6 nitrogen and oxygen atoms in total. The van der Waals surface area contributed by atoms with E-state index in [1.165, 1.54) is 0 Å². The first-order valence-electron chi connectivity index (χ1n) is 7.44. The number of H-pyrrole nitrogens is 1. The number of rotatable bonds is 5. The number of methoxy groups -OCH3 is 2. The molecule has 0 unspecified atom stereocenters. The molecule has 0 aliphatic heterocycles. The van der Waals surface area contributed by atoms with Crippen LogP contribution in [0.15, 0.2) is 29.6 Å².